The molecular formula is C23H20Br2. The van der Waals surface area contributed by atoms with E-state index in [0.29, 0.717) is 0 Å². The van der Waals surface area contributed by atoms with Gasteiger partial charge < -0.3 is 0 Å². The Morgan fingerprint density at radius 1 is 0.800 bits per heavy atom. The third-order valence-corrected chi connectivity index (χ3v) is 6.18. The van der Waals surface area contributed by atoms with E-state index in [4.69, 9.17) is 0 Å². The zero-order chi connectivity index (χ0) is 17.8. The Kier molecular flexibility index (Phi) is 4.16. The van der Waals surface area contributed by atoms with Crippen LogP contribution < -0.4 is 0 Å². The summed E-state index contributed by atoms with van der Waals surface area (Å²) in [6, 6.07) is 20.1. The SMILES string of the molecule is CC(C)(C)c1ccc(-c2c(Br)ccc3c2Cc2cc(Br)ccc2-3)cc1. The second-order valence-corrected chi connectivity index (χ2v) is 9.52. The van der Waals surface area contributed by atoms with Crippen LogP contribution in [0, 0.1) is 0 Å². The van der Waals surface area contributed by atoms with Gasteiger partial charge in [0.2, 0.25) is 0 Å². The van der Waals surface area contributed by atoms with Gasteiger partial charge in [0.15, 0.2) is 0 Å². The minimum absolute atomic E-state index is 0.177. The molecule has 4 rings (SSSR count). The van der Waals surface area contributed by atoms with Crippen molar-refractivity contribution in [3.63, 3.8) is 0 Å². The molecule has 0 unspecified atom stereocenters. The normalized spacial score (nSPS) is 12.8. The van der Waals surface area contributed by atoms with Crippen LogP contribution in [-0.4, -0.2) is 0 Å². The fraction of sp³-hybridized carbons (Fsp3) is 0.217. The van der Waals surface area contributed by atoms with Gasteiger partial charge in [-0.15, -0.1) is 0 Å². The molecule has 2 heteroatoms. The van der Waals surface area contributed by atoms with Crippen LogP contribution in [-0.2, 0) is 11.8 Å². The molecule has 0 aliphatic heterocycles. The first kappa shape index (κ1) is 17.1. The average Bonchev–Trinajstić information content (AvgIpc) is 2.91. The van der Waals surface area contributed by atoms with E-state index < -0.39 is 0 Å². The molecule has 0 nitrogen and oxygen atoms in total. The molecule has 0 bridgehead atoms. The molecule has 0 fully saturated rings. The van der Waals surface area contributed by atoms with Gasteiger partial charge in [0.1, 0.15) is 0 Å². The van der Waals surface area contributed by atoms with Crippen molar-refractivity contribution < 1.29 is 0 Å². The van der Waals surface area contributed by atoms with Crippen molar-refractivity contribution in [2.45, 2.75) is 32.6 Å². The Bertz CT molecular complexity index is 961. The van der Waals surface area contributed by atoms with Crippen molar-refractivity contribution in [1.29, 1.82) is 0 Å². The topological polar surface area (TPSA) is 0 Å². The molecule has 25 heavy (non-hydrogen) atoms. The van der Waals surface area contributed by atoms with E-state index in [0.717, 1.165) is 10.9 Å². The van der Waals surface area contributed by atoms with Crippen LogP contribution in [0.1, 0.15) is 37.5 Å². The molecule has 0 spiro atoms. The summed E-state index contributed by atoms with van der Waals surface area (Å²) in [5.41, 5.74) is 9.69. The molecule has 1 aliphatic carbocycles. The number of benzene rings is 3. The van der Waals surface area contributed by atoms with E-state index >= 15 is 0 Å². The molecule has 0 atom stereocenters. The lowest BCUT2D eigenvalue weighted by atomic mass is 9.85. The van der Waals surface area contributed by atoms with Gasteiger partial charge in [-0.1, -0.05) is 89.0 Å². The summed E-state index contributed by atoms with van der Waals surface area (Å²) in [5, 5.41) is 0. The van der Waals surface area contributed by atoms with Crippen LogP contribution in [0.3, 0.4) is 0 Å². The molecule has 1 aliphatic rings. The Labute approximate surface area is 166 Å². The summed E-state index contributed by atoms with van der Waals surface area (Å²) in [4.78, 5) is 0. The Morgan fingerprint density at radius 2 is 1.48 bits per heavy atom. The summed E-state index contributed by atoms with van der Waals surface area (Å²) in [5.74, 6) is 0. The molecule has 3 aromatic carbocycles. The largest absolute Gasteiger partial charge is 0.0579 e. The minimum Gasteiger partial charge on any atom is -0.0579 e. The maximum Gasteiger partial charge on any atom is 0.0257 e. The lowest BCUT2D eigenvalue weighted by Gasteiger charge is -2.20. The second-order valence-electron chi connectivity index (χ2n) is 7.75. The second kappa shape index (κ2) is 6.10. The highest BCUT2D eigenvalue weighted by atomic mass is 79.9. The zero-order valence-corrected chi connectivity index (χ0v) is 17.8. The number of fused-ring (bicyclic) bond motifs is 3. The molecule has 0 saturated carbocycles. The van der Waals surface area contributed by atoms with Gasteiger partial charge in [-0.05, 0) is 63.4 Å². The van der Waals surface area contributed by atoms with Gasteiger partial charge >= 0.3 is 0 Å². The minimum atomic E-state index is 0.177. The molecule has 126 valence electrons. The van der Waals surface area contributed by atoms with E-state index in [2.05, 4.69) is 107 Å². The van der Waals surface area contributed by atoms with Crippen molar-refractivity contribution in [2.24, 2.45) is 0 Å². The van der Waals surface area contributed by atoms with E-state index in [-0.39, 0.29) is 5.41 Å². The van der Waals surface area contributed by atoms with Gasteiger partial charge in [0.25, 0.3) is 0 Å². The lowest BCUT2D eigenvalue weighted by molar-refractivity contribution is 0.590. The molecule has 0 heterocycles. The number of hydrogen-bond acceptors (Lipinski definition) is 0. The monoisotopic (exact) mass is 454 g/mol. The van der Waals surface area contributed by atoms with Crippen molar-refractivity contribution >= 4 is 31.9 Å². The average molecular weight is 456 g/mol. The van der Waals surface area contributed by atoms with Gasteiger partial charge in [-0.2, -0.15) is 0 Å². The molecule has 0 N–H and O–H groups in total. The van der Waals surface area contributed by atoms with E-state index in [9.17, 15) is 0 Å². The first-order valence-corrected chi connectivity index (χ1v) is 10.1. The number of hydrogen-bond donors (Lipinski definition) is 0. The summed E-state index contributed by atoms with van der Waals surface area (Å²) >= 11 is 7.40. The van der Waals surface area contributed by atoms with Crippen molar-refractivity contribution in [3.05, 3.63) is 80.2 Å². The zero-order valence-electron chi connectivity index (χ0n) is 14.7. The fourth-order valence-electron chi connectivity index (χ4n) is 3.67. The van der Waals surface area contributed by atoms with Gasteiger partial charge in [-0.25, -0.2) is 0 Å². The maximum absolute atomic E-state index is 3.79. The van der Waals surface area contributed by atoms with Crippen LogP contribution >= 0.6 is 31.9 Å². The van der Waals surface area contributed by atoms with Crippen LogP contribution in [0.15, 0.2) is 63.5 Å². The number of rotatable bonds is 1. The van der Waals surface area contributed by atoms with Gasteiger partial charge in [-0.3, -0.25) is 0 Å². The Morgan fingerprint density at radius 3 is 2.16 bits per heavy atom. The first-order valence-electron chi connectivity index (χ1n) is 8.56. The van der Waals surface area contributed by atoms with Crippen LogP contribution in [0.5, 0.6) is 0 Å². The number of halogens is 2. The summed E-state index contributed by atoms with van der Waals surface area (Å²) in [7, 11) is 0. The molecular weight excluding hydrogens is 436 g/mol. The van der Waals surface area contributed by atoms with Crippen LogP contribution in [0.4, 0.5) is 0 Å². The van der Waals surface area contributed by atoms with Gasteiger partial charge in [0, 0.05) is 14.5 Å². The molecule has 0 aromatic heterocycles. The van der Waals surface area contributed by atoms with E-state index in [1.54, 1.807) is 0 Å². The van der Waals surface area contributed by atoms with E-state index in [1.165, 1.54) is 43.4 Å². The summed E-state index contributed by atoms with van der Waals surface area (Å²) < 4.78 is 2.32. The van der Waals surface area contributed by atoms with Crippen LogP contribution in [0.2, 0.25) is 0 Å². The summed E-state index contributed by atoms with van der Waals surface area (Å²) in [6.45, 7) is 6.77. The van der Waals surface area contributed by atoms with Crippen LogP contribution in [0.25, 0.3) is 22.3 Å². The third-order valence-electron chi connectivity index (χ3n) is 5.03. The molecule has 0 amide bonds. The van der Waals surface area contributed by atoms with Gasteiger partial charge in [0.05, 0.1) is 0 Å². The molecule has 0 saturated heterocycles. The predicted octanol–water partition coefficient (Wildman–Crippen LogP) is 7.75. The molecule has 3 aromatic rings. The Hall–Kier alpha value is -1.38. The smallest absolute Gasteiger partial charge is 0.0257 e. The third kappa shape index (κ3) is 3.00. The molecule has 0 radical (unpaired) electrons. The van der Waals surface area contributed by atoms with E-state index in [1.807, 2.05) is 0 Å². The highest BCUT2D eigenvalue weighted by molar-refractivity contribution is 9.10. The highest BCUT2D eigenvalue weighted by Gasteiger charge is 2.24. The first-order chi connectivity index (χ1) is 11.8. The Balaban J connectivity index is 1.85. The summed E-state index contributed by atoms with van der Waals surface area (Å²) in [6.07, 6.45) is 0.986. The van der Waals surface area contributed by atoms with Crippen molar-refractivity contribution in [3.8, 4) is 22.3 Å². The standard InChI is InChI=1S/C23H20Br2/c1-23(2,3)16-6-4-14(5-7-16)22-20-13-15-12-17(24)8-9-18(15)19(20)10-11-21(22)25/h4-12H,13H2,1-3H3. The quantitative estimate of drug-likeness (QED) is 0.275. The highest BCUT2D eigenvalue weighted by Crippen LogP contribution is 2.45. The maximum atomic E-state index is 3.79. The van der Waals surface area contributed by atoms with Crippen molar-refractivity contribution in [2.75, 3.05) is 0 Å². The fourth-order valence-corrected chi connectivity index (χ4v) is 4.67. The lowest BCUT2D eigenvalue weighted by Crippen LogP contribution is -2.10. The predicted molar refractivity (Wildman–Crippen MR) is 114 cm³/mol. The van der Waals surface area contributed by atoms with Crippen molar-refractivity contribution in [1.82, 2.24) is 0 Å².